The fraction of sp³-hybridized carbons (Fsp3) is 0.0526. The number of ether oxygens (including phenoxy) is 1. The van der Waals surface area contributed by atoms with E-state index in [4.69, 9.17) is 4.74 Å². The molecule has 1 heterocycles. The van der Waals surface area contributed by atoms with Crippen molar-refractivity contribution in [2.75, 3.05) is 0 Å². The van der Waals surface area contributed by atoms with E-state index in [1.807, 2.05) is 30.3 Å². The molecule has 0 unspecified atom stereocenters. The number of aromatic nitrogens is 1. The minimum atomic E-state index is -0.566. The summed E-state index contributed by atoms with van der Waals surface area (Å²) in [6, 6.07) is 17.0. The quantitative estimate of drug-likeness (QED) is 0.674. The van der Waals surface area contributed by atoms with Gasteiger partial charge in [0.2, 0.25) is 5.88 Å². The molecular formula is C19H14BrFN2O2. The molecular weight excluding hydrogens is 387 g/mol. The summed E-state index contributed by atoms with van der Waals surface area (Å²) in [6.07, 6.45) is 1.60. The van der Waals surface area contributed by atoms with Gasteiger partial charge in [-0.25, -0.2) is 9.37 Å². The van der Waals surface area contributed by atoms with E-state index in [2.05, 4.69) is 26.2 Å². The van der Waals surface area contributed by atoms with Gasteiger partial charge in [-0.1, -0.05) is 34.1 Å². The van der Waals surface area contributed by atoms with Gasteiger partial charge >= 0.3 is 0 Å². The first-order chi connectivity index (χ1) is 12.1. The Balaban J connectivity index is 1.66. The maximum atomic E-state index is 13.7. The fourth-order valence-corrected chi connectivity index (χ4v) is 2.54. The Hall–Kier alpha value is -2.73. The molecule has 0 atom stereocenters. The van der Waals surface area contributed by atoms with Gasteiger partial charge in [0.05, 0.1) is 5.56 Å². The second-order valence-corrected chi connectivity index (χ2v) is 6.14. The average Bonchev–Trinajstić information content (AvgIpc) is 2.63. The third-order valence-corrected chi connectivity index (χ3v) is 3.88. The molecule has 0 saturated heterocycles. The summed E-state index contributed by atoms with van der Waals surface area (Å²) in [5.74, 6) is 0.0450. The second kappa shape index (κ2) is 7.90. The van der Waals surface area contributed by atoms with Crippen LogP contribution in [-0.4, -0.2) is 10.9 Å². The Morgan fingerprint density at radius 3 is 2.72 bits per heavy atom. The van der Waals surface area contributed by atoms with E-state index in [1.54, 1.807) is 24.4 Å². The van der Waals surface area contributed by atoms with Gasteiger partial charge in [0.15, 0.2) is 0 Å². The van der Waals surface area contributed by atoms with Crippen LogP contribution in [0.1, 0.15) is 15.9 Å². The molecule has 1 N–H and O–H groups in total. The third-order valence-electron chi connectivity index (χ3n) is 3.39. The molecule has 0 saturated carbocycles. The van der Waals surface area contributed by atoms with Crippen LogP contribution >= 0.6 is 15.9 Å². The highest BCUT2D eigenvalue weighted by Gasteiger charge is 2.12. The molecule has 3 rings (SSSR count). The molecule has 0 aliphatic rings. The maximum Gasteiger partial charge on any atom is 0.254 e. The van der Waals surface area contributed by atoms with E-state index in [1.165, 1.54) is 12.1 Å². The lowest BCUT2D eigenvalue weighted by Crippen LogP contribution is -2.23. The van der Waals surface area contributed by atoms with E-state index in [-0.39, 0.29) is 12.1 Å². The maximum absolute atomic E-state index is 13.7. The van der Waals surface area contributed by atoms with Crippen LogP contribution in [0.5, 0.6) is 11.6 Å². The summed E-state index contributed by atoms with van der Waals surface area (Å²) in [5, 5.41) is 2.69. The monoisotopic (exact) mass is 400 g/mol. The summed E-state index contributed by atoms with van der Waals surface area (Å²) in [6.45, 7) is 0.235. The highest BCUT2D eigenvalue weighted by atomic mass is 79.9. The highest BCUT2D eigenvalue weighted by Crippen LogP contribution is 2.19. The van der Waals surface area contributed by atoms with E-state index in [0.29, 0.717) is 16.1 Å². The molecule has 6 heteroatoms. The van der Waals surface area contributed by atoms with Crippen molar-refractivity contribution < 1.29 is 13.9 Å². The molecule has 0 aliphatic carbocycles. The van der Waals surface area contributed by atoms with E-state index >= 15 is 0 Å². The number of amides is 1. The number of rotatable bonds is 5. The number of carbonyl (C=O) groups excluding carboxylic acids is 1. The van der Waals surface area contributed by atoms with Gasteiger partial charge in [-0.05, 0) is 42.0 Å². The number of nitrogens with zero attached hydrogens (tertiary/aromatic N) is 1. The zero-order valence-electron chi connectivity index (χ0n) is 13.1. The molecule has 126 valence electrons. The number of benzene rings is 2. The van der Waals surface area contributed by atoms with Crippen LogP contribution in [0.3, 0.4) is 0 Å². The van der Waals surface area contributed by atoms with Gasteiger partial charge in [-0.3, -0.25) is 4.79 Å². The van der Waals surface area contributed by atoms with Crippen molar-refractivity contribution in [2.24, 2.45) is 0 Å². The van der Waals surface area contributed by atoms with Crippen LogP contribution in [0.25, 0.3) is 0 Å². The predicted octanol–water partition coefficient (Wildman–Crippen LogP) is 4.71. The number of carbonyl (C=O) groups is 1. The van der Waals surface area contributed by atoms with Gasteiger partial charge in [0.1, 0.15) is 11.6 Å². The van der Waals surface area contributed by atoms with Crippen LogP contribution in [0.4, 0.5) is 4.39 Å². The molecule has 4 nitrogen and oxygen atoms in total. The van der Waals surface area contributed by atoms with Crippen molar-refractivity contribution in [3.05, 3.63) is 88.3 Å². The van der Waals surface area contributed by atoms with Gasteiger partial charge in [-0.2, -0.15) is 0 Å². The number of hydrogen-bond donors (Lipinski definition) is 1. The van der Waals surface area contributed by atoms with Crippen molar-refractivity contribution in [1.82, 2.24) is 10.3 Å². The Kier molecular flexibility index (Phi) is 5.40. The van der Waals surface area contributed by atoms with Crippen LogP contribution in [0.2, 0.25) is 0 Å². The molecule has 25 heavy (non-hydrogen) atoms. The lowest BCUT2D eigenvalue weighted by Gasteiger charge is -2.09. The Morgan fingerprint density at radius 2 is 1.92 bits per heavy atom. The lowest BCUT2D eigenvalue weighted by molar-refractivity contribution is 0.0946. The Labute approximate surface area is 152 Å². The molecule has 0 aliphatic heterocycles. The van der Waals surface area contributed by atoms with Crippen LogP contribution < -0.4 is 10.1 Å². The second-order valence-electron chi connectivity index (χ2n) is 5.22. The number of para-hydroxylation sites is 1. The number of hydrogen-bond acceptors (Lipinski definition) is 3. The topological polar surface area (TPSA) is 51.2 Å². The molecule has 2 aromatic carbocycles. The molecule has 1 aromatic heterocycles. The summed E-state index contributed by atoms with van der Waals surface area (Å²) in [4.78, 5) is 16.3. The zero-order valence-corrected chi connectivity index (χ0v) is 14.7. The van der Waals surface area contributed by atoms with E-state index < -0.39 is 11.7 Å². The Morgan fingerprint density at radius 1 is 1.12 bits per heavy atom. The molecule has 1 amide bonds. The summed E-state index contributed by atoms with van der Waals surface area (Å²) in [7, 11) is 0. The van der Waals surface area contributed by atoms with Crippen molar-refractivity contribution in [1.29, 1.82) is 0 Å². The van der Waals surface area contributed by atoms with Crippen molar-refractivity contribution in [3.63, 3.8) is 0 Å². The first-order valence-electron chi connectivity index (χ1n) is 7.53. The summed E-state index contributed by atoms with van der Waals surface area (Å²) in [5.41, 5.74) is 0.786. The molecule has 0 spiro atoms. The largest absolute Gasteiger partial charge is 0.439 e. The minimum absolute atomic E-state index is 0.0100. The van der Waals surface area contributed by atoms with Crippen molar-refractivity contribution >= 4 is 21.8 Å². The molecule has 0 bridgehead atoms. The van der Waals surface area contributed by atoms with Crippen molar-refractivity contribution in [3.8, 4) is 11.6 Å². The van der Waals surface area contributed by atoms with Crippen LogP contribution in [0, 0.1) is 5.82 Å². The first-order valence-corrected chi connectivity index (χ1v) is 8.32. The molecule has 0 fully saturated rings. The van der Waals surface area contributed by atoms with Gasteiger partial charge < -0.3 is 10.1 Å². The average molecular weight is 401 g/mol. The SMILES string of the molecule is O=C(NCc1ccnc(Oc2ccccc2)c1)c1cc(Br)ccc1F. The van der Waals surface area contributed by atoms with E-state index in [9.17, 15) is 9.18 Å². The minimum Gasteiger partial charge on any atom is -0.439 e. The third kappa shape index (κ3) is 4.64. The van der Waals surface area contributed by atoms with E-state index in [0.717, 1.165) is 5.56 Å². The fourth-order valence-electron chi connectivity index (χ4n) is 2.17. The predicted molar refractivity (Wildman–Crippen MR) is 96.0 cm³/mol. The first kappa shape index (κ1) is 17.1. The normalized spacial score (nSPS) is 10.3. The number of pyridine rings is 1. The smallest absolute Gasteiger partial charge is 0.254 e. The Bertz CT molecular complexity index is 888. The summed E-state index contributed by atoms with van der Waals surface area (Å²) < 4.78 is 20.0. The van der Waals surface area contributed by atoms with Gasteiger partial charge in [0.25, 0.3) is 5.91 Å². The van der Waals surface area contributed by atoms with Gasteiger partial charge in [0, 0.05) is 23.3 Å². The highest BCUT2D eigenvalue weighted by molar-refractivity contribution is 9.10. The van der Waals surface area contributed by atoms with Crippen LogP contribution in [-0.2, 0) is 6.54 Å². The van der Waals surface area contributed by atoms with Crippen LogP contribution in [0.15, 0.2) is 71.3 Å². The lowest BCUT2D eigenvalue weighted by atomic mass is 10.2. The molecule has 0 radical (unpaired) electrons. The number of nitrogens with one attached hydrogen (secondary N) is 1. The standard InChI is InChI=1S/C19H14BrFN2O2/c20-14-6-7-17(21)16(11-14)19(24)23-12-13-8-9-22-18(10-13)25-15-4-2-1-3-5-15/h1-11H,12H2,(H,23,24). The molecule has 3 aromatic rings. The van der Waals surface area contributed by atoms with Gasteiger partial charge in [-0.15, -0.1) is 0 Å². The number of halogens is 2. The van der Waals surface area contributed by atoms with Crippen molar-refractivity contribution in [2.45, 2.75) is 6.54 Å². The summed E-state index contributed by atoms with van der Waals surface area (Å²) >= 11 is 3.23. The zero-order chi connectivity index (χ0) is 17.6.